The summed E-state index contributed by atoms with van der Waals surface area (Å²) in [4.78, 5) is 17.4. The number of carbonyl (C=O) groups is 1. The number of rotatable bonds is 3. The van der Waals surface area contributed by atoms with E-state index in [-0.39, 0.29) is 16.9 Å². The maximum Gasteiger partial charge on any atom is 0.254 e. The predicted molar refractivity (Wildman–Crippen MR) is 60.9 cm³/mol. The van der Waals surface area contributed by atoms with Crippen molar-refractivity contribution >= 4 is 23.3 Å². The van der Waals surface area contributed by atoms with Crippen LogP contribution in [0.1, 0.15) is 24.2 Å². The zero-order valence-corrected chi connectivity index (χ0v) is 9.58. The van der Waals surface area contributed by atoms with Gasteiger partial charge in [-0.15, -0.1) is 0 Å². The first-order valence-corrected chi connectivity index (χ1v) is 5.18. The van der Waals surface area contributed by atoms with Crippen molar-refractivity contribution in [2.45, 2.75) is 13.8 Å². The molecule has 0 bridgehead atoms. The van der Waals surface area contributed by atoms with Crippen molar-refractivity contribution in [3.63, 3.8) is 0 Å². The van der Waals surface area contributed by atoms with Crippen LogP contribution in [-0.4, -0.2) is 28.9 Å². The summed E-state index contributed by atoms with van der Waals surface area (Å²) in [7, 11) is 0. The van der Waals surface area contributed by atoms with Gasteiger partial charge in [-0.1, -0.05) is 11.6 Å². The molecule has 0 saturated heterocycles. The van der Waals surface area contributed by atoms with E-state index in [1.54, 1.807) is 4.90 Å². The van der Waals surface area contributed by atoms with Gasteiger partial charge in [-0.3, -0.25) is 4.79 Å². The quantitative estimate of drug-likeness (QED) is 0.801. The number of nitrogen functional groups attached to an aromatic ring is 1. The van der Waals surface area contributed by atoms with Crippen molar-refractivity contribution < 1.29 is 4.79 Å². The number of hydrogen-bond donors (Lipinski definition) is 1. The molecule has 0 saturated carbocycles. The van der Waals surface area contributed by atoms with Gasteiger partial charge in [0.2, 0.25) is 0 Å². The van der Waals surface area contributed by atoms with Crippen LogP contribution in [0.3, 0.4) is 0 Å². The molecule has 0 spiro atoms. The topological polar surface area (TPSA) is 59.2 Å². The molecule has 15 heavy (non-hydrogen) atoms. The minimum Gasteiger partial charge on any atom is -0.384 e. The summed E-state index contributed by atoms with van der Waals surface area (Å²) < 4.78 is 0. The third-order valence-corrected chi connectivity index (χ3v) is 2.31. The molecule has 0 aliphatic carbocycles. The Hall–Kier alpha value is -1.29. The standard InChI is InChI=1S/C10H14ClN3O/c1-3-14(4-2)10(15)7-5-8(11)13-9(12)6-7/h5-6H,3-4H2,1-2H3,(H2,12,13). The second-order valence-electron chi connectivity index (χ2n) is 3.08. The van der Waals surface area contributed by atoms with Crippen molar-refractivity contribution in [2.24, 2.45) is 0 Å². The predicted octanol–water partition coefficient (Wildman–Crippen LogP) is 1.80. The monoisotopic (exact) mass is 227 g/mol. The first-order chi connectivity index (χ1) is 7.08. The van der Waals surface area contributed by atoms with E-state index >= 15 is 0 Å². The molecule has 0 unspecified atom stereocenters. The molecule has 0 fully saturated rings. The van der Waals surface area contributed by atoms with E-state index in [9.17, 15) is 4.79 Å². The average Bonchev–Trinajstić information content (AvgIpc) is 2.18. The number of carbonyl (C=O) groups excluding carboxylic acids is 1. The number of aromatic nitrogens is 1. The number of anilines is 1. The van der Waals surface area contributed by atoms with Gasteiger partial charge in [-0.2, -0.15) is 0 Å². The Balaban J connectivity index is 3.00. The maximum absolute atomic E-state index is 11.9. The lowest BCUT2D eigenvalue weighted by Crippen LogP contribution is -2.30. The molecule has 0 aromatic carbocycles. The van der Waals surface area contributed by atoms with Crippen molar-refractivity contribution in [3.05, 3.63) is 22.8 Å². The van der Waals surface area contributed by atoms with Crippen LogP contribution in [0.15, 0.2) is 12.1 Å². The third kappa shape index (κ3) is 2.83. The molecule has 82 valence electrons. The Morgan fingerprint density at radius 1 is 1.47 bits per heavy atom. The van der Waals surface area contributed by atoms with Crippen molar-refractivity contribution in [1.82, 2.24) is 9.88 Å². The molecule has 1 rings (SSSR count). The summed E-state index contributed by atoms with van der Waals surface area (Å²) in [5, 5.41) is 0.241. The first-order valence-electron chi connectivity index (χ1n) is 4.80. The summed E-state index contributed by atoms with van der Waals surface area (Å²) in [5.74, 6) is 0.189. The Kier molecular flexibility index (Phi) is 3.91. The number of halogens is 1. The highest BCUT2D eigenvalue weighted by Gasteiger charge is 2.13. The molecular weight excluding hydrogens is 214 g/mol. The highest BCUT2D eigenvalue weighted by molar-refractivity contribution is 6.29. The van der Waals surface area contributed by atoms with E-state index in [1.807, 2.05) is 13.8 Å². The number of hydrogen-bond acceptors (Lipinski definition) is 3. The molecule has 1 heterocycles. The minimum atomic E-state index is -0.0731. The van der Waals surface area contributed by atoms with Gasteiger partial charge in [0.25, 0.3) is 5.91 Å². The van der Waals surface area contributed by atoms with E-state index in [0.717, 1.165) is 0 Å². The molecule has 4 nitrogen and oxygen atoms in total. The van der Waals surface area contributed by atoms with E-state index in [4.69, 9.17) is 17.3 Å². The summed E-state index contributed by atoms with van der Waals surface area (Å²) in [6.45, 7) is 5.17. The largest absolute Gasteiger partial charge is 0.384 e. The SMILES string of the molecule is CCN(CC)C(=O)c1cc(N)nc(Cl)c1. The zero-order valence-electron chi connectivity index (χ0n) is 8.83. The Morgan fingerprint density at radius 2 is 2.07 bits per heavy atom. The fourth-order valence-corrected chi connectivity index (χ4v) is 1.55. The fraction of sp³-hybridized carbons (Fsp3) is 0.400. The van der Waals surface area contributed by atoms with Crippen molar-refractivity contribution in [1.29, 1.82) is 0 Å². The second kappa shape index (κ2) is 4.98. The number of amides is 1. The van der Waals surface area contributed by atoms with Gasteiger partial charge in [-0.05, 0) is 26.0 Å². The van der Waals surface area contributed by atoms with Crippen molar-refractivity contribution in [3.8, 4) is 0 Å². The van der Waals surface area contributed by atoms with Gasteiger partial charge < -0.3 is 10.6 Å². The fourth-order valence-electron chi connectivity index (χ4n) is 1.33. The lowest BCUT2D eigenvalue weighted by molar-refractivity contribution is 0.0773. The minimum absolute atomic E-state index is 0.0731. The molecule has 2 N–H and O–H groups in total. The zero-order chi connectivity index (χ0) is 11.4. The number of nitrogens with zero attached hydrogens (tertiary/aromatic N) is 2. The van der Waals surface area contributed by atoms with Crippen molar-refractivity contribution in [2.75, 3.05) is 18.8 Å². The molecule has 1 aromatic heterocycles. The van der Waals surface area contributed by atoms with Crippen LogP contribution in [0.2, 0.25) is 5.15 Å². The van der Waals surface area contributed by atoms with E-state index in [2.05, 4.69) is 4.98 Å². The summed E-state index contributed by atoms with van der Waals surface area (Å²) >= 11 is 5.72. The molecular formula is C10H14ClN3O. The van der Waals surface area contributed by atoms with Gasteiger partial charge in [0, 0.05) is 18.7 Å². The Labute approximate surface area is 94.0 Å². The molecule has 1 aromatic rings. The summed E-state index contributed by atoms with van der Waals surface area (Å²) in [6, 6.07) is 3.06. The summed E-state index contributed by atoms with van der Waals surface area (Å²) in [5.41, 5.74) is 6.00. The van der Waals surface area contributed by atoms with E-state index in [1.165, 1.54) is 12.1 Å². The maximum atomic E-state index is 11.9. The Morgan fingerprint density at radius 3 is 2.53 bits per heavy atom. The molecule has 0 aliphatic heterocycles. The van der Waals surface area contributed by atoms with Crippen LogP contribution in [0.5, 0.6) is 0 Å². The second-order valence-corrected chi connectivity index (χ2v) is 3.47. The van der Waals surface area contributed by atoms with E-state index in [0.29, 0.717) is 18.7 Å². The van der Waals surface area contributed by atoms with E-state index < -0.39 is 0 Å². The first kappa shape index (κ1) is 11.8. The summed E-state index contributed by atoms with van der Waals surface area (Å²) in [6.07, 6.45) is 0. The van der Waals surface area contributed by atoms with Gasteiger partial charge in [0.05, 0.1) is 0 Å². The highest BCUT2D eigenvalue weighted by Crippen LogP contribution is 2.14. The van der Waals surface area contributed by atoms with Gasteiger partial charge >= 0.3 is 0 Å². The third-order valence-electron chi connectivity index (χ3n) is 2.11. The lowest BCUT2D eigenvalue weighted by Gasteiger charge is -2.18. The molecule has 5 heteroatoms. The average molecular weight is 228 g/mol. The highest BCUT2D eigenvalue weighted by atomic mass is 35.5. The van der Waals surface area contributed by atoms with Crippen LogP contribution < -0.4 is 5.73 Å². The van der Waals surface area contributed by atoms with Crippen LogP contribution >= 0.6 is 11.6 Å². The smallest absolute Gasteiger partial charge is 0.254 e. The molecule has 1 amide bonds. The van der Waals surface area contributed by atoms with Crippen LogP contribution in [0.25, 0.3) is 0 Å². The van der Waals surface area contributed by atoms with Crippen LogP contribution in [0.4, 0.5) is 5.82 Å². The molecule has 0 radical (unpaired) electrons. The van der Waals surface area contributed by atoms with Crippen LogP contribution in [0, 0.1) is 0 Å². The molecule has 0 atom stereocenters. The lowest BCUT2D eigenvalue weighted by atomic mass is 10.2. The number of pyridine rings is 1. The normalized spacial score (nSPS) is 10.1. The van der Waals surface area contributed by atoms with Gasteiger partial charge in [0.1, 0.15) is 11.0 Å². The van der Waals surface area contributed by atoms with Gasteiger partial charge in [0.15, 0.2) is 0 Å². The van der Waals surface area contributed by atoms with Gasteiger partial charge in [-0.25, -0.2) is 4.98 Å². The number of nitrogens with two attached hydrogens (primary N) is 1. The molecule has 0 aliphatic rings. The Bertz CT molecular complexity index is 343. The van der Waals surface area contributed by atoms with Crippen LogP contribution in [-0.2, 0) is 0 Å².